The zero-order valence-corrected chi connectivity index (χ0v) is 7.00. The van der Waals surface area contributed by atoms with E-state index < -0.39 is 24.1 Å². The molecule has 0 saturated carbocycles. The van der Waals surface area contributed by atoms with Crippen molar-refractivity contribution in [1.82, 2.24) is 0 Å². The van der Waals surface area contributed by atoms with E-state index >= 15 is 0 Å². The molecule has 0 bridgehead atoms. The van der Waals surface area contributed by atoms with Gasteiger partial charge in [-0.15, -0.1) is 12.4 Å². The molecule has 74 valence electrons. The molecule has 0 saturated heterocycles. The van der Waals surface area contributed by atoms with Crippen LogP contribution in [0.1, 0.15) is 13.3 Å². The molecule has 0 fully saturated rings. The quantitative estimate of drug-likeness (QED) is 0.697. The highest BCUT2D eigenvalue weighted by atomic mass is 35.5. The van der Waals surface area contributed by atoms with E-state index in [0.717, 1.165) is 6.92 Å². The van der Waals surface area contributed by atoms with E-state index in [-0.39, 0.29) is 12.4 Å². The summed E-state index contributed by atoms with van der Waals surface area (Å²) >= 11 is 0. The summed E-state index contributed by atoms with van der Waals surface area (Å²) in [6.07, 6.45) is -6.20. The molecule has 0 spiro atoms. The number of alkyl halides is 3. The number of primary amides is 1. The summed E-state index contributed by atoms with van der Waals surface area (Å²) in [7, 11) is 0. The van der Waals surface area contributed by atoms with E-state index in [2.05, 4.69) is 5.73 Å². The van der Waals surface area contributed by atoms with Gasteiger partial charge in [-0.25, -0.2) is 0 Å². The molecule has 7 heteroatoms. The Morgan fingerprint density at radius 2 is 1.83 bits per heavy atom. The van der Waals surface area contributed by atoms with Crippen LogP contribution in [0.2, 0.25) is 0 Å². The SMILES string of the molecule is CC(O)(CC(F)(F)F)C(N)=O.Cl. The summed E-state index contributed by atoms with van der Waals surface area (Å²) in [5, 5.41) is 8.73. The van der Waals surface area contributed by atoms with Crippen LogP contribution in [0, 0.1) is 0 Å². The van der Waals surface area contributed by atoms with E-state index in [0.29, 0.717) is 0 Å². The van der Waals surface area contributed by atoms with Crippen LogP contribution in [0.5, 0.6) is 0 Å². The van der Waals surface area contributed by atoms with Crippen LogP contribution in [0.25, 0.3) is 0 Å². The Morgan fingerprint density at radius 1 is 1.50 bits per heavy atom. The summed E-state index contributed by atoms with van der Waals surface area (Å²) in [4.78, 5) is 10.2. The van der Waals surface area contributed by atoms with Crippen molar-refractivity contribution in [3.05, 3.63) is 0 Å². The second kappa shape index (κ2) is 3.95. The molecule has 0 radical (unpaired) electrons. The molecular weight excluding hydrogens is 199 g/mol. The summed E-state index contributed by atoms with van der Waals surface area (Å²) in [6, 6.07) is 0. The Morgan fingerprint density at radius 3 is 1.92 bits per heavy atom. The molecule has 12 heavy (non-hydrogen) atoms. The molecular formula is C5H9ClF3NO2. The van der Waals surface area contributed by atoms with Crippen LogP contribution in [-0.4, -0.2) is 22.8 Å². The first kappa shape index (κ1) is 14.1. The van der Waals surface area contributed by atoms with E-state index in [9.17, 15) is 18.0 Å². The minimum atomic E-state index is -4.58. The fourth-order valence-corrected chi connectivity index (χ4v) is 0.477. The van der Waals surface area contributed by atoms with Gasteiger partial charge < -0.3 is 10.8 Å². The Labute approximate surface area is 73.1 Å². The normalized spacial score (nSPS) is 16.1. The Kier molecular flexibility index (Phi) is 4.63. The van der Waals surface area contributed by atoms with Crippen LogP contribution < -0.4 is 5.73 Å². The van der Waals surface area contributed by atoms with Crippen molar-refractivity contribution in [2.24, 2.45) is 5.73 Å². The molecule has 3 N–H and O–H groups in total. The van der Waals surface area contributed by atoms with E-state index in [4.69, 9.17) is 5.11 Å². The standard InChI is InChI=1S/C5H8F3NO2.ClH/c1-4(11,3(9)10)2-5(6,7)8;/h11H,2H2,1H3,(H2,9,10);1H. The van der Waals surface area contributed by atoms with Crippen molar-refractivity contribution in [2.45, 2.75) is 25.1 Å². The third kappa shape index (κ3) is 5.20. The van der Waals surface area contributed by atoms with Crippen molar-refractivity contribution >= 4 is 18.3 Å². The predicted octanol–water partition coefficient (Wildman–Crippen LogP) is 0.597. The van der Waals surface area contributed by atoms with Gasteiger partial charge in [0, 0.05) is 0 Å². The number of halogens is 4. The van der Waals surface area contributed by atoms with Crippen molar-refractivity contribution in [3.8, 4) is 0 Å². The third-order valence-corrected chi connectivity index (χ3v) is 1.08. The second-order valence-electron chi connectivity index (χ2n) is 2.43. The zero-order chi connectivity index (χ0) is 9.28. The first-order valence-corrected chi connectivity index (χ1v) is 2.74. The number of rotatable bonds is 2. The van der Waals surface area contributed by atoms with Gasteiger partial charge in [0.05, 0.1) is 6.42 Å². The van der Waals surface area contributed by atoms with Crippen LogP contribution in [-0.2, 0) is 4.79 Å². The van der Waals surface area contributed by atoms with Crippen LogP contribution in [0.3, 0.4) is 0 Å². The molecule has 0 aromatic rings. The molecule has 1 amide bonds. The zero-order valence-electron chi connectivity index (χ0n) is 6.18. The van der Waals surface area contributed by atoms with Gasteiger partial charge in [-0.1, -0.05) is 0 Å². The summed E-state index contributed by atoms with van der Waals surface area (Å²) in [6.45, 7) is 0.725. The number of amides is 1. The Balaban J connectivity index is 0. The number of nitrogens with two attached hydrogens (primary N) is 1. The molecule has 3 nitrogen and oxygen atoms in total. The predicted molar refractivity (Wildman–Crippen MR) is 37.7 cm³/mol. The Bertz CT molecular complexity index is 169. The molecule has 1 unspecified atom stereocenters. The molecule has 0 aromatic carbocycles. The maximum absolute atomic E-state index is 11.5. The van der Waals surface area contributed by atoms with Crippen LogP contribution in [0.4, 0.5) is 13.2 Å². The number of hydrogen-bond acceptors (Lipinski definition) is 2. The molecule has 0 rings (SSSR count). The highest BCUT2D eigenvalue weighted by Crippen LogP contribution is 2.26. The van der Waals surface area contributed by atoms with Crippen LogP contribution in [0.15, 0.2) is 0 Å². The van der Waals surface area contributed by atoms with Crippen molar-refractivity contribution in [2.75, 3.05) is 0 Å². The monoisotopic (exact) mass is 207 g/mol. The summed E-state index contributed by atoms with van der Waals surface area (Å²) in [5.74, 6) is -1.38. The number of aliphatic hydroxyl groups is 1. The fourth-order valence-electron chi connectivity index (χ4n) is 0.477. The lowest BCUT2D eigenvalue weighted by molar-refractivity contribution is -0.179. The Hall–Kier alpha value is -0.490. The molecule has 0 aromatic heterocycles. The highest BCUT2D eigenvalue weighted by Gasteiger charge is 2.41. The topological polar surface area (TPSA) is 63.3 Å². The van der Waals surface area contributed by atoms with Gasteiger partial charge in [0.1, 0.15) is 5.60 Å². The molecule has 0 aliphatic carbocycles. The first-order chi connectivity index (χ1) is 4.65. The van der Waals surface area contributed by atoms with Gasteiger partial charge in [-0.2, -0.15) is 13.2 Å². The van der Waals surface area contributed by atoms with E-state index in [1.165, 1.54) is 0 Å². The van der Waals surface area contributed by atoms with Crippen LogP contribution >= 0.6 is 12.4 Å². The number of carbonyl (C=O) groups excluding carboxylic acids is 1. The highest BCUT2D eigenvalue weighted by molar-refractivity contribution is 5.85. The van der Waals surface area contributed by atoms with Crippen molar-refractivity contribution in [1.29, 1.82) is 0 Å². The largest absolute Gasteiger partial charge is 0.392 e. The summed E-state index contributed by atoms with van der Waals surface area (Å²) in [5.41, 5.74) is 1.99. The summed E-state index contributed by atoms with van der Waals surface area (Å²) < 4.78 is 34.6. The lowest BCUT2D eigenvalue weighted by Gasteiger charge is -2.20. The van der Waals surface area contributed by atoms with E-state index in [1.54, 1.807) is 0 Å². The third-order valence-electron chi connectivity index (χ3n) is 1.08. The molecule has 0 aliphatic heterocycles. The number of hydrogen-bond donors (Lipinski definition) is 2. The average molecular weight is 208 g/mol. The smallest absolute Gasteiger partial charge is 0.380 e. The lowest BCUT2D eigenvalue weighted by atomic mass is 10.0. The van der Waals surface area contributed by atoms with Gasteiger partial charge in [-0.05, 0) is 6.92 Å². The van der Waals surface area contributed by atoms with Gasteiger partial charge in [0.25, 0.3) is 0 Å². The molecule has 0 aliphatic rings. The van der Waals surface area contributed by atoms with Gasteiger partial charge >= 0.3 is 6.18 Å². The lowest BCUT2D eigenvalue weighted by Crippen LogP contribution is -2.44. The van der Waals surface area contributed by atoms with Gasteiger partial charge in [0.2, 0.25) is 5.91 Å². The molecule has 0 heterocycles. The minimum absolute atomic E-state index is 0. The minimum Gasteiger partial charge on any atom is -0.380 e. The first-order valence-electron chi connectivity index (χ1n) is 2.74. The second-order valence-corrected chi connectivity index (χ2v) is 2.43. The van der Waals surface area contributed by atoms with Gasteiger partial charge in [-0.3, -0.25) is 4.79 Å². The van der Waals surface area contributed by atoms with Gasteiger partial charge in [0.15, 0.2) is 0 Å². The maximum atomic E-state index is 11.5. The maximum Gasteiger partial charge on any atom is 0.392 e. The van der Waals surface area contributed by atoms with Crippen molar-refractivity contribution in [3.63, 3.8) is 0 Å². The van der Waals surface area contributed by atoms with Crippen molar-refractivity contribution < 1.29 is 23.1 Å². The molecule has 1 atom stereocenters. The average Bonchev–Trinajstić information content (AvgIpc) is 1.56. The number of carbonyl (C=O) groups is 1. The fraction of sp³-hybridized carbons (Fsp3) is 0.800. The van der Waals surface area contributed by atoms with E-state index in [1.807, 2.05) is 0 Å².